The fraction of sp³-hybridized carbons (Fsp3) is 0.706. The molecule has 3 rings (SSSR count). The highest BCUT2D eigenvalue weighted by Gasteiger charge is 2.50. The maximum Gasteiger partial charge on any atom is 0.244 e. The fourth-order valence-electron chi connectivity index (χ4n) is 3.65. The Morgan fingerprint density at radius 3 is 2.62 bits per heavy atom. The summed E-state index contributed by atoms with van der Waals surface area (Å²) in [6, 6.07) is 2.14. The lowest BCUT2D eigenvalue weighted by Crippen LogP contribution is -2.46. The molecule has 1 aliphatic heterocycles. The molecule has 2 aliphatic rings. The number of carbonyl (C=O) groups is 1. The average Bonchev–Trinajstić information content (AvgIpc) is 3.05. The highest BCUT2D eigenvalue weighted by atomic mass is 32.1. The third-order valence-corrected chi connectivity index (χ3v) is 6.44. The van der Waals surface area contributed by atoms with Gasteiger partial charge in [-0.3, -0.25) is 10.1 Å². The van der Waals surface area contributed by atoms with Gasteiger partial charge in [0.25, 0.3) is 0 Å². The van der Waals surface area contributed by atoms with Crippen LogP contribution in [0.5, 0.6) is 0 Å². The van der Waals surface area contributed by atoms with Crippen LogP contribution in [0.3, 0.4) is 0 Å². The van der Waals surface area contributed by atoms with Crippen molar-refractivity contribution in [3.05, 3.63) is 22.4 Å². The van der Waals surface area contributed by atoms with E-state index in [1.807, 2.05) is 6.92 Å². The van der Waals surface area contributed by atoms with Crippen LogP contribution in [0.1, 0.15) is 64.6 Å². The fourth-order valence-corrected chi connectivity index (χ4v) is 4.33. The Kier molecular flexibility index (Phi) is 3.87. The maximum absolute atomic E-state index is 13.0. The third kappa shape index (κ3) is 2.42. The molecule has 2 atom stereocenters. The van der Waals surface area contributed by atoms with Crippen molar-refractivity contribution < 1.29 is 4.79 Å². The molecule has 21 heavy (non-hydrogen) atoms. The van der Waals surface area contributed by atoms with Crippen LogP contribution in [0, 0.1) is 5.41 Å². The Balaban J connectivity index is 1.88. The van der Waals surface area contributed by atoms with Gasteiger partial charge in [0.15, 0.2) is 0 Å². The van der Waals surface area contributed by atoms with Gasteiger partial charge in [0.05, 0.1) is 5.54 Å². The van der Waals surface area contributed by atoms with Crippen LogP contribution < -0.4 is 5.32 Å². The minimum atomic E-state index is -0.411. The zero-order valence-electron chi connectivity index (χ0n) is 13.3. The molecule has 116 valence electrons. The van der Waals surface area contributed by atoms with E-state index in [1.54, 1.807) is 11.3 Å². The lowest BCUT2D eigenvalue weighted by Gasteiger charge is -2.45. The van der Waals surface area contributed by atoms with Gasteiger partial charge >= 0.3 is 0 Å². The average molecular weight is 306 g/mol. The van der Waals surface area contributed by atoms with Crippen LogP contribution in [-0.2, 0) is 4.79 Å². The monoisotopic (exact) mass is 306 g/mol. The number of amides is 1. The minimum absolute atomic E-state index is 0.0534. The largest absolute Gasteiger partial charge is 0.321 e. The van der Waals surface area contributed by atoms with Crippen LogP contribution in [0.2, 0.25) is 0 Å². The molecule has 0 radical (unpaired) electrons. The van der Waals surface area contributed by atoms with Gasteiger partial charge in [-0.15, -0.1) is 0 Å². The number of nitrogens with zero attached hydrogens (tertiary/aromatic N) is 1. The van der Waals surface area contributed by atoms with Crippen molar-refractivity contribution in [1.29, 1.82) is 0 Å². The van der Waals surface area contributed by atoms with E-state index in [0.717, 1.165) is 13.0 Å². The van der Waals surface area contributed by atoms with E-state index in [-0.39, 0.29) is 12.1 Å². The second-order valence-corrected chi connectivity index (χ2v) is 7.71. The molecular formula is C17H26N2OS. The number of rotatable bonds is 5. The number of hydrogen-bond donors (Lipinski definition) is 1. The number of carbonyl (C=O) groups excluding carboxylic acids is 1. The van der Waals surface area contributed by atoms with E-state index in [9.17, 15) is 4.79 Å². The molecule has 1 N–H and O–H groups in total. The second kappa shape index (κ2) is 5.40. The summed E-state index contributed by atoms with van der Waals surface area (Å²) in [4.78, 5) is 15.1. The Morgan fingerprint density at radius 1 is 1.38 bits per heavy atom. The third-order valence-electron chi connectivity index (χ3n) is 5.74. The summed E-state index contributed by atoms with van der Waals surface area (Å²) in [5.74, 6) is 0.279. The van der Waals surface area contributed by atoms with Crippen LogP contribution in [0.15, 0.2) is 16.8 Å². The van der Waals surface area contributed by atoms with E-state index in [0.29, 0.717) is 5.41 Å². The Hall–Kier alpha value is -0.870. The van der Waals surface area contributed by atoms with Crippen molar-refractivity contribution in [3.8, 4) is 0 Å². The highest BCUT2D eigenvalue weighted by Crippen LogP contribution is 2.47. The first-order valence-corrected chi connectivity index (χ1v) is 9.09. The molecule has 1 saturated carbocycles. The molecule has 2 fully saturated rings. The smallest absolute Gasteiger partial charge is 0.244 e. The molecule has 1 aromatic rings. The van der Waals surface area contributed by atoms with Crippen molar-refractivity contribution in [2.45, 2.75) is 64.6 Å². The zero-order valence-corrected chi connectivity index (χ0v) is 14.1. The van der Waals surface area contributed by atoms with Gasteiger partial charge < -0.3 is 4.90 Å². The molecule has 3 nitrogen and oxygen atoms in total. The molecule has 1 amide bonds. The number of hydrogen-bond acceptors (Lipinski definition) is 3. The molecule has 2 unspecified atom stereocenters. The summed E-state index contributed by atoms with van der Waals surface area (Å²) in [5.41, 5.74) is 1.19. The van der Waals surface area contributed by atoms with E-state index >= 15 is 0 Å². The van der Waals surface area contributed by atoms with E-state index in [2.05, 4.69) is 40.9 Å². The lowest BCUT2D eigenvalue weighted by molar-refractivity contribution is -0.135. The Morgan fingerprint density at radius 2 is 2.14 bits per heavy atom. The van der Waals surface area contributed by atoms with Gasteiger partial charge in [-0.25, -0.2) is 0 Å². The summed E-state index contributed by atoms with van der Waals surface area (Å²) in [6.45, 7) is 7.32. The molecule has 2 heterocycles. The second-order valence-electron chi connectivity index (χ2n) is 6.93. The van der Waals surface area contributed by atoms with E-state index in [4.69, 9.17) is 0 Å². The SMILES string of the molecule is CCC1(CN2C(=O)C(C)(CC)NC2c2ccsc2)CCC1. The van der Waals surface area contributed by atoms with Gasteiger partial charge in [-0.05, 0) is 60.4 Å². The standard InChI is InChI=1S/C17H26N2OS/c1-4-16(3)15(20)19(12-17(5-2)8-6-9-17)14(18-16)13-7-10-21-11-13/h7,10-11,14,18H,4-6,8-9,12H2,1-3H3. The topological polar surface area (TPSA) is 32.3 Å². The van der Waals surface area contributed by atoms with Crippen LogP contribution >= 0.6 is 11.3 Å². The summed E-state index contributed by atoms with van der Waals surface area (Å²) in [5, 5.41) is 7.86. The Labute approximate surface area is 131 Å². The molecule has 4 heteroatoms. The van der Waals surface area contributed by atoms with Crippen molar-refractivity contribution >= 4 is 17.2 Å². The first kappa shape index (κ1) is 15.0. The Bertz CT molecular complexity index is 503. The predicted molar refractivity (Wildman–Crippen MR) is 87.2 cm³/mol. The normalized spacial score (nSPS) is 31.5. The highest BCUT2D eigenvalue weighted by molar-refractivity contribution is 7.07. The van der Waals surface area contributed by atoms with Crippen LogP contribution in [0.25, 0.3) is 0 Å². The van der Waals surface area contributed by atoms with Crippen molar-refractivity contribution in [2.24, 2.45) is 5.41 Å². The molecule has 1 aliphatic carbocycles. The van der Waals surface area contributed by atoms with E-state index < -0.39 is 5.54 Å². The van der Waals surface area contributed by atoms with Crippen molar-refractivity contribution in [3.63, 3.8) is 0 Å². The first-order valence-electron chi connectivity index (χ1n) is 8.14. The summed E-state index contributed by atoms with van der Waals surface area (Å²) >= 11 is 1.70. The van der Waals surface area contributed by atoms with Crippen molar-refractivity contribution in [2.75, 3.05) is 6.54 Å². The summed E-state index contributed by atoms with van der Waals surface area (Å²) < 4.78 is 0. The number of nitrogens with one attached hydrogen (secondary N) is 1. The summed E-state index contributed by atoms with van der Waals surface area (Å²) in [7, 11) is 0. The minimum Gasteiger partial charge on any atom is -0.321 e. The van der Waals surface area contributed by atoms with Crippen LogP contribution in [-0.4, -0.2) is 22.9 Å². The van der Waals surface area contributed by atoms with Gasteiger partial charge in [0, 0.05) is 6.54 Å². The zero-order chi connectivity index (χ0) is 15.1. The lowest BCUT2D eigenvalue weighted by atomic mass is 9.66. The van der Waals surface area contributed by atoms with E-state index in [1.165, 1.54) is 31.2 Å². The van der Waals surface area contributed by atoms with Crippen molar-refractivity contribution in [1.82, 2.24) is 10.2 Å². The molecule has 1 saturated heterocycles. The number of thiophene rings is 1. The van der Waals surface area contributed by atoms with Crippen LogP contribution in [0.4, 0.5) is 0 Å². The quantitative estimate of drug-likeness (QED) is 0.894. The maximum atomic E-state index is 13.0. The van der Waals surface area contributed by atoms with Gasteiger partial charge in [-0.2, -0.15) is 11.3 Å². The van der Waals surface area contributed by atoms with Gasteiger partial charge in [-0.1, -0.05) is 20.3 Å². The molecule has 0 aromatic carbocycles. The van der Waals surface area contributed by atoms with Gasteiger partial charge in [0.1, 0.15) is 6.17 Å². The summed E-state index contributed by atoms with van der Waals surface area (Å²) in [6.07, 6.45) is 5.92. The van der Waals surface area contributed by atoms with Gasteiger partial charge in [0.2, 0.25) is 5.91 Å². The first-order chi connectivity index (χ1) is 10.0. The molecule has 0 bridgehead atoms. The predicted octanol–water partition coefficient (Wildman–Crippen LogP) is 3.93. The molecular weight excluding hydrogens is 280 g/mol. The molecule has 0 spiro atoms. The molecule has 1 aromatic heterocycles.